The summed E-state index contributed by atoms with van der Waals surface area (Å²) in [7, 11) is -1.16. The van der Waals surface area contributed by atoms with Crippen LogP contribution in [0, 0.1) is 0 Å². The molecule has 7 heteroatoms. The molecule has 106 valence electrons. The molecular formula is C12H18N2O4S. The number of nitrogens with zero attached hydrogens (tertiary/aromatic N) is 1. The average Bonchev–Trinajstić information content (AvgIpc) is 2.38. The van der Waals surface area contributed by atoms with Gasteiger partial charge in [-0.05, 0) is 24.6 Å². The van der Waals surface area contributed by atoms with Crippen molar-refractivity contribution >= 4 is 16.0 Å². The van der Waals surface area contributed by atoms with Crippen LogP contribution < -0.4 is 5.73 Å². The second kappa shape index (κ2) is 6.14. The molecule has 1 unspecified atom stereocenters. The quantitative estimate of drug-likeness (QED) is 0.796. The smallest absolute Gasteiger partial charge is 0.321 e. The van der Waals surface area contributed by atoms with Gasteiger partial charge in [-0.3, -0.25) is 4.79 Å². The Balaban J connectivity index is 2.96. The third-order valence-corrected chi connectivity index (χ3v) is 4.51. The van der Waals surface area contributed by atoms with Gasteiger partial charge in [0, 0.05) is 13.1 Å². The highest BCUT2D eigenvalue weighted by atomic mass is 32.2. The molecular weight excluding hydrogens is 268 g/mol. The highest BCUT2D eigenvalue weighted by Gasteiger charge is 2.23. The minimum Gasteiger partial charge on any atom is -0.468 e. The van der Waals surface area contributed by atoms with Gasteiger partial charge >= 0.3 is 5.97 Å². The average molecular weight is 286 g/mol. The van der Waals surface area contributed by atoms with Crippen LogP contribution in [0.3, 0.4) is 0 Å². The van der Waals surface area contributed by atoms with Crippen LogP contribution in [-0.4, -0.2) is 39.4 Å². The van der Waals surface area contributed by atoms with E-state index in [2.05, 4.69) is 4.74 Å². The van der Waals surface area contributed by atoms with E-state index in [0.717, 1.165) is 9.87 Å². The minimum absolute atomic E-state index is 0.114. The van der Waals surface area contributed by atoms with Crippen molar-refractivity contribution < 1.29 is 17.9 Å². The van der Waals surface area contributed by atoms with Crippen molar-refractivity contribution in [2.24, 2.45) is 5.73 Å². The summed E-state index contributed by atoms with van der Waals surface area (Å²) < 4.78 is 29.7. The first-order valence-electron chi connectivity index (χ1n) is 5.67. The Hall–Kier alpha value is -1.44. The van der Waals surface area contributed by atoms with Gasteiger partial charge in [-0.1, -0.05) is 12.1 Å². The van der Waals surface area contributed by atoms with Gasteiger partial charge in [0.15, 0.2) is 0 Å². The number of carbonyl (C=O) groups excluding carboxylic acids is 1. The zero-order valence-electron chi connectivity index (χ0n) is 11.2. The van der Waals surface area contributed by atoms with E-state index in [1.807, 2.05) is 6.92 Å². The predicted molar refractivity (Wildman–Crippen MR) is 70.9 cm³/mol. The van der Waals surface area contributed by atoms with Crippen LogP contribution >= 0.6 is 0 Å². The Morgan fingerprint density at radius 2 is 1.89 bits per heavy atom. The second-order valence-corrected chi connectivity index (χ2v) is 6.24. The molecule has 1 rings (SSSR count). The van der Waals surface area contributed by atoms with Crippen molar-refractivity contribution in [3.63, 3.8) is 0 Å². The van der Waals surface area contributed by atoms with Crippen LogP contribution in [0.4, 0.5) is 0 Å². The van der Waals surface area contributed by atoms with Gasteiger partial charge in [0.2, 0.25) is 10.0 Å². The molecule has 2 N–H and O–H groups in total. The third-order valence-electron chi connectivity index (χ3n) is 2.69. The summed E-state index contributed by atoms with van der Waals surface area (Å²) in [6.45, 7) is 1.49. The molecule has 0 saturated heterocycles. The number of benzene rings is 1. The fourth-order valence-electron chi connectivity index (χ4n) is 1.45. The van der Waals surface area contributed by atoms with Gasteiger partial charge in [-0.15, -0.1) is 0 Å². The van der Waals surface area contributed by atoms with Crippen molar-refractivity contribution in [1.82, 2.24) is 4.31 Å². The van der Waals surface area contributed by atoms with E-state index < -0.39 is 16.0 Å². The first kappa shape index (κ1) is 15.6. The van der Waals surface area contributed by atoms with Gasteiger partial charge in [0.1, 0.15) is 6.54 Å². The van der Waals surface area contributed by atoms with E-state index in [0.29, 0.717) is 0 Å². The number of likely N-dealkylation sites (N-methyl/N-ethyl adjacent to an activating group) is 1. The Morgan fingerprint density at radius 3 is 2.32 bits per heavy atom. The van der Waals surface area contributed by atoms with E-state index in [1.54, 1.807) is 12.1 Å². The maximum atomic E-state index is 12.2. The van der Waals surface area contributed by atoms with Gasteiger partial charge in [0.25, 0.3) is 0 Å². The molecule has 1 atom stereocenters. The Labute approximate surface area is 113 Å². The van der Waals surface area contributed by atoms with Crippen LogP contribution in [0.25, 0.3) is 0 Å². The molecule has 0 aliphatic carbocycles. The van der Waals surface area contributed by atoms with E-state index in [-0.39, 0.29) is 17.5 Å². The fourth-order valence-corrected chi connectivity index (χ4v) is 2.57. The number of esters is 1. The molecule has 1 aromatic carbocycles. The third kappa shape index (κ3) is 3.76. The fraction of sp³-hybridized carbons (Fsp3) is 0.417. The number of hydrogen-bond acceptors (Lipinski definition) is 5. The summed E-state index contributed by atoms with van der Waals surface area (Å²) in [5.74, 6) is -0.613. The lowest BCUT2D eigenvalue weighted by Gasteiger charge is -2.16. The molecule has 0 radical (unpaired) electrons. The SMILES string of the molecule is COC(=O)CN(C)S(=O)(=O)c1ccc(C(C)N)cc1. The molecule has 0 aliphatic rings. The van der Waals surface area contributed by atoms with Crippen LogP contribution in [0.15, 0.2) is 29.2 Å². The highest BCUT2D eigenvalue weighted by Crippen LogP contribution is 2.17. The van der Waals surface area contributed by atoms with Crippen molar-refractivity contribution in [3.05, 3.63) is 29.8 Å². The van der Waals surface area contributed by atoms with E-state index in [9.17, 15) is 13.2 Å². The maximum absolute atomic E-state index is 12.2. The molecule has 0 saturated carbocycles. The molecule has 1 aromatic rings. The molecule has 0 heterocycles. The maximum Gasteiger partial charge on any atom is 0.321 e. The molecule has 0 fully saturated rings. The van der Waals surface area contributed by atoms with Gasteiger partial charge in [0.05, 0.1) is 12.0 Å². The van der Waals surface area contributed by atoms with E-state index in [1.165, 1.54) is 26.3 Å². The van der Waals surface area contributed by atoms with Crippen LogP contribution in [0.5, 0.6) is 0 Å². The van der Waals surface area contributed by atoms with E-state index >= 15 is 0 Å². The zero-order valence-corrected chi connectivity index (χ0v) is 12.0. The number of nitrogens with two attached hydrogens (primary N) is 1. The molecule has 0 bridgehead atoms. The van der Waals surface area contributed by atoms with E-state index in [4.69, 9.17) is 5.73 Å². The number of hydrogen-bond donors (Lipinski definition) is 1. The lowest BCUT2D eigenvalue weighted by molar-refractivity contribution is -0.140. The molecule has 0 aromatic heterocycles. The van der Waals surface area contributed by atoms with Crippen molar-refractivity contribution in [2.75, 3.05) is 20.7 Å². The van der Waals surface area contributed by atoms with Crippen molar-refractivity contribution in [3.8, 4) is 0 Å². The summed E-state index contributed by atoms with van der Waals surface area (Å²) in [6, 6.07) is 6.10. The van der Waals surface area contributed by atoms with Gasteiger partial charge < -0.3 is 10.5 Å². The number of sulfonamides is 1. The number of ether oxygens (including phenoxy) is 1. The number of rotatable bonds is 5. The molecule has 6 nitrogen and oxygen atoms in total. The number of methoxy groups -OCH3 is 1. The normalized spacial score (nSPS) is 13.3. The van der Waals surface area contributed by atoms with Gasteiger partial charge in [-0.25, -0.2) is 8.42 Å². The second-order valence-electron chi connectivity index (χ2n) is 4.19. The molecule has 0 amide bonds. The molecule has 19 heavy (non-hydrogen) atoms. The van der Waals surface area contributed by atoms with Crippen LogP contribution in [0.2, 0.25) is 0 Å². The first-order valence-corrected chi connectivity index (χ1v) is 7.11. The lowest BCUT2D eigenvalue weighted by Crippen LogP contribution is -2.32. The summed E-state index contributed by atoms with van der Waals surface area (Å²) in [5, 5.41) is 0. The minimum atomic E-state index is -3.69. The monoisotopic (exact) mass is 286 g/mol. The number of carbonyl (C=O) groups is 1. The molecule has 0 aliphatic heterocycles. The summed E-state index contributed by atoms with van der Waals surface area (Å²) in [6.07, 6.45) is 0. The predicted octanol–water partition coefficient (Wildman–Crippen LogP) is 0.500. The summed E-state index contributed by atoms with van der Waals surface area (Å²) in [4.78, 5) is 11.2. The van der Waals surface area contributed by atoms with Crippen LogP contribution in [-0.2, 0) is 19.6 Å². The Kier molecular flexibility index (Phi) is 5.04. The van der Waals surface area contributed by atoms with Crippen LogP contribution in [0.1, 0.15) is 18.5 Å². The summed E-state index contributed by atoms with van der Waals surface area (Å²) >= 11 is 0. The first-order chi connectivity index (χ1) is 8.78. The highest BCUT2D eigenvalue weighted by molar-refractivity contribution is 7.89. The van der Waals surface area contributed by atoms with Crippen molar-refractivity contribution in [1.29, 1.82) is 0 Å². The standard InChI is InChI=1S/C12H18N2O4S/c1-9(13)10-4-6-11(7-5-10)19(16,17)14(2)8-12(15)18-3/h4-7,9H,8,13H2,1-3H3. The Morgan fingerprint density at radius 1 is 1.37 bits per heavy atom. The largest absolute Gasteiger partial charge is 0.468 e. The lowest BCUT2D eigenvalue weighted by atomic mass is 10.1. The Bertz CT molecular complexity index is 537. The summed E-state index contributed by atoms with van der Waals surface area (Å²) in [5.41, 5.74) is 6.54. The topological polar surface area (TPSA) is 89.7 Å². The molecule has 0 spiro atoms. The van der Waals surface area contributed by atoms with Crippen molar-refractivity contribution in [2.45, 2.75) is 17.9 Å². The van der Waals surface area contributed by atoms with Gasteiger partial charge in [-0.2, -0.15) is 4.31 Å². The zero-order chi connectivity index (χ0) is 14.6.